The Hall–Kier alpha value is -2.29. The van der Waals surface area contributed by atoms with Crippen molar-refractivity contribution in [3.63, 3.8) is 0 Å². The summed E-state index contributed by atoms with van der Waals surface area (Å²) in [7, 11) is -0.895. The lowest BCUT2D eigenvalue weighted by molar-refractivity contribution is 0.0395. The quantitative estimate of drug-likeness (QED) is 0.670. The van der Waals surface area contributed by atoms with Gasteiger partial charge in [-0.3, -0.25) is 9.21 Å². The van der Waals surface area contributed by atoms with Crippen LogP contribution in [0, 0.1) is 0 Å². The molecule has 0 saturated carbocycles. The molecule has 0 aliphatic carbocycles. The highest BCUT2D eigenvalue weighted by molar-refractivity contribution is 7.93. The Morgan fingerprint density at radius 2 is 1.75 bits per heavy atom. The number of nitrogens with zero attached hydrogens (tertiary/aromatic N) is 2. The molecule has 0 spiro atoms. The second-order valence-corrected chi connectivity index (χ2v) is 8.21. The maximum Gasteiger partial charge on any atom is 0.268 e. The van der Waals surface area contributed by atoms with Crippen molar-refractivity contribution in [1.82, 2.24) is 4.90 Å². The lowest BCUT2D eigenvalue weighted by Crippen LogP contribution is -2.43. The number of benzene rings is 2. The monoisotopic (exact) mass is 406 g/mol. The van der Waals surface area contributed by atoms with Gasteiger partial charge in [-0.25, -0.2) is 8.42 Å². The number of methoxy groups -OCH3 is 2. The van der Waals surface area contributed by atoms with Gasteiger partial charge in [0.2, 0.25) is 0 Å². The zero-order valence-corrected chi connectivity index (χ0v) is 17.0. The molecule has 7 nitrogen and oxygen atoms in total. The first-order valence-corrected chi connectivity index (χ1v) is 10.6. The van der Waals surface area contributed by atoms with Gasteiger partial charge in [-0.2, -0.15) is 0 Å². The van der Waals surface area contributed by atoms with Gasteiger partial charge >= 0.3 is 0 Å². The fourth-order valence-corrected chi connectivity index (χ4v) is 4.77. The first kappa shape index (κ1) is 20.4. The second kappa shape index (κ2) is 9.27. The van der Waals surface area contributed by atoms with Crippen molar-refractivity contribution < 1.29 is 22.6 Å². The number of anilines is 1. The van der Waals surface area contributed by atoms with Crippen LogP contribution in [0.2, 0.25) is 0 Å². The molecular weight excluding hydrogens is 380 g/mol. The molecule has 0 radical (unpaired) electrons. The fraction of sp³-hybridized carbons (Fsp3) is 0.400. The molecule has 0 amide bonds. The van der Waals surface area contributed by atoms with Crippen molar-refractivity contribution in [2.45, 2.75) is 4.90 Å². The van der Waals surface area contributed by atoms with Crippen LogP contribution in [-0.2, 0) is 14.8 Å². The lowest BCUT2D eigenvalue weighted by Gasteiger charge is -2.31. The van der Waals surface area contributed by atoms with Gasteiger partial charge in [-0.15, -0.1) is 0 Å². The van der Waals surface area contributed by atoms with E-state index in [2.05, 4.69) is 4.90 Å². The minimum Gasteiger partial charge on any atom is -0.497 e. The zero-order valence-electron chi connectivity index (χ0n) is 16.2. The van der Waals surface area contributed by atoms with E-state index in [4.69, 9.17) is 14.2 Å². The van der Waals surface area contributed by atoms with Gasteiger partial charge in [-0.05, 0) is 24.3 Å². The van der Waals surface area contributed by atoms with E-state index in [-0.39, 0.29) is 10.6 Å². The number of ether oxygens (including phenoxy) is 3. The molecule has 0 aromatic heterocycles. The number of para-hydroxylation sites is 1. The number of rotatable bonds is 8. The number of morpholine rings is 1. The minimum atomic E-state index is -3.86. The largest absolute Gasteiger partial charge is 0.497 e. The molecule has 1 heterocycles. The highest BCUT2D eigenvalue weighted by Gasteiger charge is 2.29. The van der Waals surface area contributed by atoms with E-state index < -0.39 is 10.0 Å². The molecule has 152 valence electrons. The van der Waals surface area contributed by atoms with Gasteiger partial charge in [0.05, 0.1) is 33.1 Å². The molecule has 1 aliphatic heterocycles. The number of sulfonamides is 1. The summed E-state index contributed by atoms with van der Waals surface area (Å²) in [4.78, 5) is 2.29. The van der Waals surface area contributed by atoms with Gasteiger partial charge in [0.15, 0.2) is 0 Å². The van der Waals surface area contributed by atoms with E-state index in [0.29, 0.717) is 37.7 Å². The van der Waals surface area contributed by atoms with Crippen LogP contribution < -0.4 is 13.8 Å². The molecule has 8 heteroatoms. The third-order valence-corrected chi connectivity index (χ3v) is 6.55. The Balaban J connectivity index is 1.96. The van der Waals surface area contributed by atoms with Crippen molar-refractivity contribution in [1.29, 1.82) is 0 Å². The molecule has 1 fully saturated rings. The van der Waals surface area contributed by atoms with Crippen LogP contribution in [0.1, 0.15) is 0 Å². The molecule has 3 rings (SSSR count). The van der Waals surface area contributed by atoms with E-state index in [1.165, 1.54) is 24.6 Å². The van der Waals surface area contributed by atoms with Crippen molar-refractivity contribution in [3.8, 4) is 11.5 Å². The predicted octanol–water partition coefficient (Wildman–Crippen LogP) is 2.23. The van der Waals surface area contributed by atoms with Crippen LogP contribution in [-0.4, -0.2) is 66.9 Å². The maximum absolute atomic E-state index is 13.6. The van der Waals surface area contributed by atoms with Gasteiger partial charge in [-0.1, -0.05) is 18.2 Å². The SMILES string of the molecule is COc1ccc(OC)c(S(=O)(=O)N(CCN2CCOCC2)c2ccccc2)c1. The summed E-state index contributed by atoms with van der Waals surface area (Å²) in [6.45, 7) is 3.87. The van der Waals surface area contributed by atoms with Crippen molar-refractivity contribution in [3.05, 3.63) is 48.5 Å². The molecule has 2 aromatic carbocycles. The molecule has 0 unspecified atom stereocenters. The Morgan fingerprint density at radius 1 is 1.04 bits per heavy atom. The Bertz CT molecular complexity index is 867. The minimum absolute atomic E-state index is 0.0835. The zero-order chi connectivity index (χ0) is 20.0. The smallest absolute Gasteiger partial charge is 0.268 e. The average molecular weight is 407 g/mol. The summed E-state index contributed by atoms with van der Waals surface area (Å²) in [5.74, 6) is 0.744. The molecule has 0 N–H and O–H groups in total. The van der Waals surface area contributed by atoms with E-state index >= 15 is 0 Å². The first-order chi connectivity index (χ1) is 13.6. The summed E-state index contributed by atoms with van der Waals surface area (Å²) < 4.78 is 44.6. The highest BCUT2D eigenvalue weighted by Crippen LogP contribution is 2.32. The summed E-state index contributed by atoms with van der Waals surface area (Å²) in [6, 6.07) is 13.9. The Kier molecular flexibility index (Phi) is 6.77. The predicted molar refractivity (Wildman–Crippen MR) is 108 cm³/mol. The normalized spacial score (nSPS) is 15.2. The van der Waals surface area contributed by atoms with Crippen LogP contribution in [0.15, 0.2) is 53.4 Å². The first-order valence-electron chi connectivity index (χ1n) is 9.16. The molecule has 0 atom stereocenters. The van der Waals surface area contributed by atoms with Gasteiger partial charge in [0.25, 0.3) is 10.0 Å². The van der Waals surface area contributed by atoms with Crippen molar-refractivity contribution in [2.24, 2.45) is 0 Å². The third-order valence-electron chi connectivity index (χ3n) is 4.71. The lowest BCUT2D eigenvalue weighted by atomic mass is 10.3. The fourth-order valence-electron chi connectivity index (χ4n) is 3.14. The van der Waals surface area contributed by atoms with E-state index in [9.17, 15) is 8.42 Å². The maximum atomic E-state index is 13.6. The van der Waals surface area contributed by atoms with E-state index in [1.54, 1.807) is 24.3 Å². The summed E-state index contributed by atoms with van der Waals surface area (Å²) in [5, 5.41) is 0. The van der Waals surface area contributed by atoms with E-state index in [1.807, 2.05) is 18.2 Å². The van der Waals surface area contributed by atoms with Crippen molar-refractivity contribution in [2.75, 3.05) is 57.9 Å². The van der Waals surface area contributed by atoms with E-state index in [0.717, 1.165) is 13.1 Å². The number of hydrogen-bond donors (Lipinski definition) is 0. The number of hydrogen-bond acceptors (Lipinski definition) is 6. The molecule has 1 saturated heterocycles. The van der Waals surface area contributed by atoms with Gasteiger partial charge in [0.1, 0.15) is 16.4 Å². The van der Waals surface area contributed by atoms with Crippen LogP contribution in [0.5, 0.6) is 11.5 Å². The van der Waals surface area contributed by atoms with Gasteiger partial charge in [0, 0.05) is 32.2 Å². The summed E-state index contributed by atoms with van der Waals surface area (Å²) in [6.07, 6.45) is 0. The average Bonchev–Trinajstić information content (AvgIpc) is 2.74. The summed E-state index contributed by atoms with van der Waals surface area (Å²) in [5.41, 5.74) is 0.612. The van der Waals surface area contributed by atoms with Gasteiger partial charge < -0.3 is 14.2 Å². The van der Waals surface area contributed by atoms with Crippen LogP contribution in [0.25, 0.3) is 0 Å². The van der Waals surface area contributed by atoms with Crippen LogP contribution in [0.3, 0.4) is 0 Å². The van der Waals surface area contributed by atoms with Crippen LogP contribution >= 0.6 is 0 Å². The third kappa shape index (κ3) is 4.57. The van der Waals surface area contributed by atoms with Crippen molar-refractivity contribution >= 4 is 15.7 Å². The highest BCUT2D eigenvalue weighted by atomic mass is 32.2. The summed E-state index contributed by atoms with van der Waals surface area (Å²) >= 11 is 0. The molecule has 2 aromatic rings. The Labute approximate surface area is 166 Å². The standard InChI is InChI=1S/C20H26N2O5S/c1-25-18-8-9-19(26-2)20(16-18)28(23,24)22(17-6-4-3-5-7-17)11-10-21-12-14-27-15-13-21/h3-9,16H,10-15H2,1-2H3. The van der Waals surface area contributed by atoms with Crippen LogP contribution in [0.4, 0.5) is 5.69 Å². The molecule has 1 aliphatic rings. The molecular formula is C20H26N2O5S. The second-order valence-electron chi connectivity index (χ2n) is 6.38. The molecule has 28 heavy (non-hydrogen) atoms. The molecule has 0 bridgehead atoms. The Morgan fingerprint density at radius 3 is 2.39 bits per heavy atom. The topological polar surface area (TPSA) is 68.3 Å².